The normalized spacial score (nSPS) is 10.8. The highest BCUT2D eigenvalue weighted by molar-refractivity contribution is 6.34. The van der Waals surface area contributed by atoms with Gasteiger partial charge in [-0.2, -0.15) is 0 Å². The highest BCUT2D eigenvalue weighted by Gasteiger charge is 2.00. The molecule has 0 radical (unpaired) electrons. The number of aromatic nitrogens is 2. The Labute approximate surface area is 117 Å². The average Bonchev–Trinajstić information content (AvgIpc) is 2.69. The van der Waals surface area contributed by atoms with Gasteiger partial charge in [0.1, 0.15) is 5.82 Å². The van der Waals surface area contributed by atoms with Crippen molar-refractivity contribution in [1.82, 2.24) is 14.9 Å². The molecule has 0 saturated heterocycles. The molecule has 0 fully saturated rings. The molecule has 5 heteroatoms. The summed E-state index contributed by atoms with van der Waals surface area (Å²) < 4.78 is 2.03. The maximum atomic E-state index is 5.94. The van der Waals surface area contributed by atoms with Crippen LogP contribution in [0.5, 0.6) is 0 Å². The van der Waals surface area contributed by atoms with Crippen LogP contribution in [-0.4, -0.2) is 16.1 Å². The Bertz CT molecular complexity index is 502. The zero-order valence-electron chi connectivity index (χ0n) is 10.2. The number of hydrogen-bond donors (Lipinski definition) is 1. The molecule has 96 valence electrons. The highest BCUT2D eigenvalue weighted by atomic mass is 35.5. The molecule has 0 aliphatic heterocycles. The van der Waals surface area contributed by atoms with Crippen molar-refractivity contribution in [2.24, 2.45) is 7.05 Å². The third-order valence-electron chi connectivity index (χ3n) is 2.70. The number of nitrogens with one attached hydrogen (secondary N) is 1. The average molecular weight is 284 g/mol. The number of hydrogen-bond acceptors (Lipinski definition) is 2. The SMILES string of the molecule is Cn1ccnc1CCNCc1cc(Cl)cc(Cl)c1. The van der Waals surface area contributed by atoms with E-state index in [0.29, 0.717) is 10.0 Å². The van der Waals surface area contributed by atoms with E-state index < -0.39 is 0 Å². The second-order valence-corrected chi connectivity index (χ2v) is 5.03. The maximum absolute atomic E-state index is 5.94. The minimum atomic E-state index is 0.670. The summed E-state index contributed by atoms with van der Waals surface area (Å²) >= 11 is 11.9. The molecule has 0 unspecified atom stereocenters. The van der Waals surface area contributed by atoms with E-state index in [4.69, 9.17) is 23.2 Å². The molecule has 1 aromatic carbocycles. The van der Waals surface area contributed by atoms with Crippen molar-refractivity contribution in [3.8, 4) is 0 Å². The third-order valence-corrected chi connectivity index (χ3v) is 3.13. The van der Waals surface area contributed by atoms with Crippen LogP contribution in [0.4, 0.5) is 0 Å². The van der Waals surface area contributed by atoms with Crippen LogP contribution < -0.4 is 5.32 Å². The van der Waals surface area contributed by atoms with Gasteiger partial charge >= 0.3 is 0 Å². The molecule has 1 N–H and O–H groups in total. The number of aryl methyl sites for hydroxylation is 1. The molecule has 1 aromatic heterocycles. The second kappa shape index (κ2) is 6.23. The molecular formula is C13H15Cl2N3. The van der Waals surface area contributed by atoms with Crippen molar-refractivity contribution >= 4 is 23.2 Å². The molecule has 2 aromatic rings. The van der Waals surface area contributed by atoms with Crippen LogP contribution in [0.3, 0.4) is 0 Å². The molecule has 0 aliphatic rings. The number of rotatable bonds is 5. The molecular weight excluding hydrogens is 269 g/mol. The van der Waals surface area contributed by atoms with Crippen LogP contribution in [-0.2, 0) is 20.0 Å². The Balaban J connectivity index is 1.80. The molecule has 3 nitrogen and oxygen atoms in total. The van der Waals surface area contributed by atoms with E-state index in [1.54, 1.807) is 6.07 Å². The Morgan fingerprint density at radius 3 is 2.56 bits per heavy atom. The maximum Gasteiger partial charge on any atom is 0.109 e. The van der Waals surface area contributed by atoms with E-state index in [2.05, 4.69) is 10.3 Å². The summed E-state index contributed by atoms with van der Waals surface area (Å²) in [7, 11) is 2.00. The predicted molar refractivity (Wildman–Crippen MR) is 75.1 cm³/mol. The lowest BCUT2D eigenvalue weighted by Crippen LogP contribution is -2.18. The van der Waals surface area contributed by atoms with Gasteiger partial charge in [-0.3, -0.25) is 0 Å². The lowest BCUT2D eigenvalue weighted by atomic mass is 10.2. The van der Waals surface area contributed by atoms with Crippen LogP contribution >= 0.6 is 23.2 Å². The first-order chi connectivity index (χ1) is 8.65. The molecule has 0 saturated carbocycles. The fourth-order valence-corrected chi connectivity index (χ4v) is 2.35. The fraction of sp³-hybridized carbons (Fsp3) is 0.308. The van der Waals surface area contributed by atoms with Crippen LogP contribution in [0.2, 0.25) is 10.0 Å². The third kappa shape index (κ3) is 3.73. The first kappa shape index (κ1) is 13.4. The standard InChI is InChI=1S/C13H15Cl2N3/c1-18-5-4-17-13(18)2-3-16-9-10-6-11(14)8-12(15)7-10/h4-8,16H,2-3,9H2,1H3. The Morgan fingerprint density at radius 2 is 1.94 bits per heavy atom. The smallest absolute Gasteiger partial charge is 0.109 e. The number of benzene rings is 1. The topological polar surface area (TPSA) is 29.9 Å². The number of imidazole rings is 1. The van der Waals surface area contributed by atoms with Crippen LogP contribution in [0, 0.1) is 0 Å². The van der Waals surface area contributed by atoms with Gasteiger partial charge in [0.25, 0.3) is 0 Å². The van der Waals surface area contributed by atoms with Crippen LogP contribution in [0.15, 0.2) is 30.6 Å². The summed E-state index contributed by atoms with van der Waals surface area (Å²) in [6.07, 6.45) is 4.66. The Morgan fingerprint density at radius 1 is 1.22 bits per heavy atom. The first-order valence-electron chi connectivity index (χ1n) is 5.77. The highest BCUT2D eigenvalue weighted by Crippen LogP contribution is 2.18. The quantitative estimate of drug-likeness (QED) is 0.855. The summed E-state index contributed by atoms with van der Waals surface area (Å²) in [6, 6.07) is 5.57. The molecule has 2 rings (SSSR count). The molecule has 0 amide bonds. The lowest BCUT2D eigenvalue weighted by Gasteiger charge is -2.06. The van der Waals surface area contributed by atoms with Gasteiger partial charge in [-0.1, -0.05) is 23.2 Å². The van der Waals surface area contributed by atoms with E-state index in [0.717, 1.165) is 30.9 Å². The minimum absolute atomic E-state index is 0.670. The van der Waals surface area contributed by atoms with Gasteiger partial charge in [0, 0.05) is 49.0 Å². The van der Waals surface area contributed by atoms with E-state index >= 15 is 0 Å². The van der Waals surface area contributed by atoms with Gasteiger partial charge in [-0.05, 0) is 23.8 Å². The van der Waals surface area contributed by atoms with E-state index in [-0.39, 0.29) is 0 Å². The van der Waals surface area contributed by atoms with Crippen molar-refractivity contribution in [2.75, 3.05) is 6.54 Å². The summed E-state index contributed by atoms with van der Waals surface area (Å²) in [5.41, 5.74) is 1.09. The summed E-state index contributed by atoms with van der Waals surface area (Å²) in [5.74, 6) is 1.08. The fourth-order valence-electron chi connectivity index (χ4n) is 1.78. The van der Waals surface area contributed by atoms with Gasteiger partial charge in [0.2, 0.25) is 0 Å². The van der Waals surface area contributed by atoms with Gasteiger partial charge in [0.15, 0.2) is 0 Å². The van der Waals surface area contributed by atoms with Gasteiger partial charge in [-0.25, -0.2) is 4.98 Å². The minimum Gasteiger partial charge on any atom is -0.338 e. The summed E-state index contributed by atoms with van der Waals surface area (Å²) in [5, 5.41) is 4.69. The largest absolute Gasteiger partial charge is 0.338 e. The summed E-state index contributed by atoms with van der Waals surface area (Å²) in [6.45, 7) is 1.62. The second-order valence-electron chi connectivity index (χ2n) is 4.16. The van der Waals surface area contributed by atoms with Crippen molar-refractivity contribution in [2.45, 2.75) is 13.0 Å². The van der Waals surface area contributed by atoms with Crippen molar-refractivity contribution < 1.29 is 0 Å². The molecule has 0 atom stereocenters. The Hall–Kier alpha value is -1.03. The van der Waals surface area contributed by atoms with E-state index in [9.17, 15) is 0 Å². The van der Waals surface area contributed by atoms with Crippen LogP contribution in [0.1, 0.15) is 11.4 Å². The van der Waals surface area contributed by atoms with Crippen molar-refractivity contribution in [3.05, 3.63) is 52.0 Å². The molecule has 0 bridgehead atoms. The van der Waals surface area contributed by atoms with Gasteiger partial charge in [-0.15, -0.1) is 0 Å². The predicted octanol–water partition coefficient (Wildman–Crippen LogP) is 3.06. The Kier molecular flexibility index (Phi) is 4.64. The zero-order valence-corrected chi connectivity index (χ0v) is 11.7. The first-order valence-corrected chi connectivity index (χ1v) is 6.52. The van der Waals surface area contributed by atoms with Gasteiger partial charge in [0.05, 0.1) is 0 Å². The zero-order chi connectivity index (χ0) is 13.0. The number of nitrogens with zero attached hydrogens (tertiary/aromatic N) is 2. The molecule has 1 heterocycles. The van der Waals surface area contributed by atoms with Crippen molar-refractivity contribution in [1.29, 1.82) is 0 Å². The van der Waals surface area contributed by atoms with Crippen molar-refractivity contribution in [3.63, 3.8) is 0 Å². The molecule has 0 spiro atoms. The van der Waals surface area contributed by atoms with E-state index in [1.165, 1.54) is 0 Å². The summed E-state index contributed by atoms with van der Waals surface area (Å²) in [4.78, 5) is 4.27. The molecule has 18 heavy (non-hydrogen) atoms. The number of halogens is 2. The lowest BCUT2D eigenvalue weighted by molar-refractivity contribution is 0.655. The monoisotopic (exact) mass is 283 g/mol. The molecule has 0 aliphatic carbocycles. The van der Waals surface area contributed by atoms with Crippen LogP contribution in [0.25, 0.3) is 0 Å². The van der Waals surface area contributed by atoms with E-state index in [1.807, 2.05) is 36.1 Å². The van der Waals surface area contributed by atoms with Gasteiger partial charge < -0.3 is 9.88 Å².